The molecule has 0 spiro atoms. The van der Waals surface area contributed by atoms with E-state index in [1.165, 1.54) is 0 Å². The molecular weight excluding hydrogens is 216 g/mol. The van der Waals surface area contributed by atoms with E-state index in [0.29, 0.717) is 0 Å². The third kappa shape index (κ3) is 1.68. The Hall–Kier alpha value is -1.88. The monoisotopic (exact) mass is 230 g/mol. The summed E-state index contributed by atoms with van der Waals surface area (Å²) in [7, 11) is 1.90. The number of aromatic nitrogens is 3. The van der Waals surface area contributed by atoms with Gasteiger partial charge in [0.05, 0.1) is 11.4 Å². The number of aryl methyl sites for hydroxylation is 2. The van der Waals surface area contributed by atoms with Gasteiger partial charge in [0.2, 0.25) is 0 Å². The average Bonchev–Trinajstić information content (AvgIpc) is 2.72. The van der Waals surface area contributed by atoms with Gasteiger partial charge in [-0.3, -0.25) is 4.79 Å². The Morgan fingerprint density at radius 1 is 1.41 bits per heavy atom. The smallest absolute Gasteiger partial charge is 0.182 e. The van der Waals surface area contributed by atoms with E-state index in [9.17, 15) is 4.79 Å². The zero-order valence-corrected chi connectivity index (χ0v) is 9.68. The lowest BCUT2D eigenvalue weighted by molar-refractivity contribution is 0.551. The third-order valence-electron chi connectivity index (χ3n) is 3.00. The standard InChI is InChI=1S/C12H14N4O/c1-13-7-9-8-16-5-4-15-3-2-10(17)6-11(15)12(16)14-9/h2-3,6,8,13H,4-5,7H2,1H3. The first-order valence-corrected chi connectivity index (χ1v) is 5.69. The maximum absolute atomic E-state index is 11.4. The van der Waals surface area contributed by atoms with Crippen LogP contribution in [0.25, 0.3) is 11.5 Å². The van der Waals surface area contributed by atoms with Crippen LogP contribution >= 0.6 is 0 Å². The second-order valence-electron chi connectivity index (χ2n) is 4.22. The Bertz CT molecular complexity index is 611. The van der Waals surface area contributed by atoms with Gasteiger partial charge in [-0.15, -0.1) is 0 Å². The van der Waals surface area contributed by atoms with E-state index in [0.717, 1.165) is 36.8 Å². The minimum atomic E-state index is 0.0304. The largest absolute Gasteiger partial charge is 0.343 e. The molecule has 17 heavy (non-hydrogen) atoms. The lowest BCUT2D eigenvalue weighted by atomic mass is 10.2. The number of nitrogens with zero attached hydrogens (tertiary/aromatic N) is 3. The van der Waals surface area contributed by atoms with Gasteiger partial charge in [0.25, 0.3) is 0 Å². The van der Waals surface area contributed by atoms with Gasteiger partial charge in [0.1, 0.15) is 0 Å². The molecule has 2 aromatic rings. The van der Waals surface area contributed by atoms with Crippen molar-refractivity contribution in [2.24, 2.45) is 0 Å². The number of hydrogen-bond acceptors (Lipinski definition) is 3. The van der Waals surface area contributed by atoms with Crippen molar-refractivity contribution in [1.29, 1.82) is 0 Å². The molecule has 5 heteroatoms. The summed E-state index contributed by atoms with van der Waals surface area (Å²) in [6.07, 6.45) is 3.89. The van der Waals surface area contributed by atoms with Crippen LogP contribution in [-0.4, -0.2) is 21.2 Å². The van der Waals surface area contributed by atoms with E-state index < -0.39 is 0 Å². The van der Waals surface area contributed by atoms with E-state index in [1.54, 1.807) is 12.1 Å². The van der Waals surface area contributed by atoms with Crippen molar-refractivity contribution >= 4 is 0 Å². The van der Waals surface area contributed by atoms with Crippen molar-refractivity contribution < 1.29 is 0 Å². The molecule has 0 unspecified atom stereocenters. The Labute approximate surface area is 98.7 Å². The van der Waals surface area contributed by atoms with Crippen molar-refractivity contribution in [2.75, 3.05) is 7.05 Å². The molecule has 88 valence electrons. The van der Waals surface area contributed by atoms with Crippen LogP contribution in [0.3, 0.4) is 0 Å². The molecule has 1 N–H and O–H groups in total. The lowest BCUT2D eigenvalue weighted by Crippen LogP contribution is -2.19. The molecule has 0 fully saturated rings. The van der Waals surface area contributed by atoms with Gasteiger partial charge in [-0.05, 0) is 7.05 Å². The van der Waals surface area contributed by atoms with Crippen molar-refractivity contribution in [1.82, 2.24) is 19.4 Å². The predicted molar refractivity (Wildman–Crippen MR) is 64.7 cm³/mol. The van der Waals surface area contributed by atoms with Gasteiger partial charge in [-0.25, -0.2) is 4.98 Å². The molecule has 0 aliphatic carbocycles. The van der Waals surface area contributed by atoms with E-state index >= 15 is 0 Å². The van der Waals surface area contributed by atoms with Gasteiger partial charge >= 0.3 is 0 Å². The Balaban J connectivity index is 2.14. The Morgan fingerprint density at radius 2 is 2.24 bits per heavy atom. The summed E-state index contributed by atoms with van der Waals surface area (Å²) < 4.78 is 4.19. The molecule has 0 atom stereocenters. The van der Waals surface area contributed by atoms with Crippen LogP contribution in [0, 0.1) is 0 Å². The number of imidazole rings is 1. The van der Waals surface area contributed by atoms with Crippen molar-refractivity contribution in [2.45, 2.75) is 19.6 Å². The summed E-state index contributed by atoms with van der Waals surface area (Å²) in [5.74, 6) is 0.888. The predicted octanol–water partition coefficient (Wildman–Crippen LogP) is 0.445. The fourth-order valence-corrected chi connectivity index (χ4v) is 2.22. The lowest BCUT2D eigenvalue weighted by Gasteiger charge is -2.19. The highest BCUT2D eigenvalue weighted by Gasteiger charge is 2.17. The third-order valence-corrected chi connectivity index (χ3v) is 3.00. The highest BCUT2D eigenvalue weighted by Crippen LogP contribution is 2.22. The molecule has 0 saturated carbocycles. The number of hydrogen-bond donors (Lipinski definition) is 1. The maximum atomic E-state index is 11.4. The van der Waals surface area contributed by atoms with E-state index in [4.69, 9.17) is 0 Å². The van der Waals surface area contributed by atoms with E-state index in [2.05, 4.69) is 19.4 Å². The summed E-state index contributed by atoms with van der Waals surface area (Å²) in [5.41, 5.74) is 1.95. The second-order valence-corrected chi connectivity index (χ2v) is 4.22. The molecular formula is C12H14N4O. The SMILES string of the molecule is CNCc1cn2c(n1)-c1cc(=O)ccn1CC2. The Morgan fingerprint density at radius 3 is 3.06 bits per heavy atom. The summed E-state index contributed by atoms with van der Waals surface area (Å²) in [6, 6.07) is 3.25. The van der Waals surface area contributed by atoms with Gasteiger partial charge in [-0.2, -0.15) is 0 Å². The van der Waals surface area contributed by atoms with Crippen LogP contribution in [0.5, 0.6) is 0 Å². The number of rotatable bonds is 2. The normalized spacial score (nSPS) is 13.2. The molecule has 1 aliphatic heterocycles. The highest BCUT2D eigenvalue weighted by atomic mass is 16.1. The molecule has 5 nitrogen and oxygen atoms in total. The van der Waals surface area contributed by atoms with Crippen molar-refractivity contribution in [3.8, 4) is 11.5 Å². The van der Waals surface area contributed by atoms with Crippen LogP contribution in [0.4, 0.5) is 0 Å². The molecule has 0 aromatic carbocycles. The molecule has 2 aromatic heterocycles. The van der Waals surface area contributed by atoms with Gasteiger partial charge < -0.3 is 14.5 Å². The number of fused-ring (bicyclic) bond motifs is 3. The zero-order chi connectivity index (χ0) is 11.8. The number of pyridine rings is 1. The van der Waals surface area contributed by atoms with Crippen LogP contribution < -0.4 is 10.7 Å². The van der Waals surface area contributed by atoms with Crippen LogP contribution in [-0.2, 0) is 19.6 Å². The van der Waals surface area contributed by atoms with Gasteiger partial charge in [0.15, 0.2) is 11.3 Å². The van der Waals surface area contributed by atoms with Gasteiger partial charge in [0, 0.05) is 44.2 Å². The van der Waals surface area contributed by atoms with E-state index in [1.807, 2.05) is 19.4 Å². The summed E-state index contributed by atoms with van der Waals surface area (Å²) >= 11 is 0. The quantitative estimate of drug-likeness (QED) is 0.814. The van der Waals surface area contributed by atoms with Crippen molar-refractivity contribution in [3.63, 3.8) is 0 Å². The molecule has 0 radical (unpaired) electrons. The molecule has 1 aliphatic rings. The first kappa shape index (κ1) is 10.3. The first-order valence-electron chi connectivity index (χ1n) is 5.69. The summed E-state index contributed by atoms with van der Waals surface area (Å²) in [4.78, 5) is 16.0. The summed E-state index contributed by atoms with van der Waals surface area (Å²) in [5, 5.41) is 3.08. The average molecular weight is 230 g/mol. The van der Waals surface area contributed by atoms with Crippen LogP contribution in [0.2, 0.25) is 0 Å². The van der Waals surface area contributed by atoms with Crippen LogP contribution in [0.1, 0.15) is 5.69 Å². The van der Waals surface area contributed by atoms with Crippen LogP contribution in [0.15, 0.2) is 29.3 Å². The van der Waals surface area contributed by atoms with E-state index in [-0.39, 0.29) is 5.43 Å². The zero-order valence-electron chi connectivity index (χ0n) is 9.68. The second kappa shape index (κ2) is 3.85. The summed E-state index contributed by atoms with van der Waals surface area (Å²) in [6.45, 7) is 2.54. The maximum Gasteiger partial charge on any atom is 0.182 e. The molecule has 3 rings (SSSR count). The minimum Gasteiger partial charge on any atom is -0.343 e. The minimum absolute atomic E-state index is 0.0304. The van der Waals surface area contributed by atoms with Gasteiger partial charge in [-0.1, -0.05) is 0 Å². The molecule has 3 heterocycles. The molecule has 0 bridgehead atoms. The molecule has 0 saturated heterocycles. The number of nitrogens with one attached hydrogen (secondary N) is 1. The topological polar surface area (TPSA) is 51.9 Å². The molecule has 0 amide bonds. The highest BCUT2D eigenvalue weighted by molar-refractivity contribution is 5.52. The van der Waals surface area contributed by atoms with Crippen molar-refractivity contribution in [3.05, 3.63) is 40.4 Å². The fourth-order valence-electron chi connectivity index (χ4n) is 2.22. The first-order chi connectivity index (χ1) is 8.28. The fraction of sp³-hybridized carbons (Fsp3) is 0.333. The Kier molecular flexibility index (Phi) is 2.33.